The second-order valence-corrected chi connectivity index (χ2v) is 8.30. The van der Waals surface area contributed by atoms with Crippen molar-refractivity contribution in [3.05, 3.63) is 46.5 Å². The van der Waals surface area contributed by atoms with Gasteiger partial charge in [0.05, 0.1) is 29.0 Å². The summed E-state index contributed by atoms with van der Waals surface area (Å²) in [5.41, 5.74) is 5.33. The van der Waals surface area contributed by atoms with E-state index in [9.17, 15) is 22.8 Å². The fourth-order valence-electron chi connectivity index (χ4n) is 2.16. The fourth-order valence-corrected chi connectivity index (χ4v) is 4.09. The van der Waals surface area contributed by atoms with Crippen molar-refractivity contribution in [1.82, 2.24) is 10.3 Å². The first-order valence-electron chi connectivity index (χ1n) is 7.93. The maximum absolute atomic E-state index is 12.8. The van der Waals surface area contributed by atoms with Gasteiger partial charge in [0.1, 0.15) is 0 Å². The summed E-state index contributed by atoms with van der Waals surface area (Å²) in [6.45, 7) is 3.28. The minimum absolute atomic E-state index is 0.00862. The Kier molecular flexibility index (Phi) is 6.88. The lowest BCUT2D eigenvalue weighted by Gasteiger charge is -2.16. The molecule has 0 radical (unpaired) electrons. The minimum Gasteiger partial charge on any atom is -0.369 e. The molecule has 0 bridgehead atoms. The Labute approximate surface area is 162 Å². The van der Waals surface area contributed by atoms with E-state index >= 15 is 0 Å². The Morgan fingerprint density at radius 3 is 2.67 bits per heavy atom. The van der Waals surface area contributed by atoms with Crippen LogP contribution < -0.4 is 11.1 Å². The number of primary amides is 1. The summed E-state index contributed by atoms with van der Waals surface area (Å²) in [4.78, 5) is 27.5. The zero-order valence-electron chi connectivity index (χ0n) is 14.5. The summed E-state index contributed by atoms with van der Waals surface area (Å²) in [6.07, 6.45) is -4.44. The van der Waals surface area contributed by atoms with E-state index in [1.54, 1.807) is 19.2 Å². The summed E-state index contributed by atoms with van der Waals surface area (Å²) >= 11 is 2.51. The topological polar surface area (TPSA) is 85.1 Å². The second-order valence-electron chi connectivity index (χ2n) is 5.86. The number of hydrogen-bond acceptors (Lipinski definition) is 5. The molecule has 5 nitrogen and oxygen atoms in total. The lowest BCUT2D eigenvalue weighted by Crippen LogP contribution is -2.28. The highest BCUT2D eigenvalue weighted by molar-refractivity contribution is 8.02. The van der Waals surface area contributed by atoms with Crippen molar-refractivity contribution in [3.8, 4) is 0 Å². The number of carbonyl (C=O) groups is 2. The molecule has 3 N–H and O–H groups in total. The Bertz CT molecular complexity index is 824. The quantitative estimate of drug-likeness (QED) is 0.675. The average Bonchev–Trinajstić information content (AvgIpc) is 3.00. The van der Waals surface area contributed by atoms with Gasteiger partial charge < -0.3 is 11.1 Å². The molecular weight excluding hydrogens is 399 g/mol. The lowest BCUT2D eigenvalue weighted by molar-refractivity contribution is -0.137. The molecule has 2 atom stereocenters. The number of amides is 2. The molecule has 2 rings (SSSR count). The second kappa shape index (κ2) is 8.75. The van der Waals surface area contributed by atoms with Gasteiger partial charge in [0.2, 0.25) is 11.8 Å². The molecule has 0 spiro atoms. The van der Waals surface area contributed by atoms with Crippen molar-refractivity contribution in [2.75, 3.05) is 0 Å². The van der Waals surface area contributed by atoms with Crippen molar-refractivity contribution in [3.63, 3.8) is 0 Å². The highest BCUT2D eigenvalue weighted by Gasteiger charge is 2.30. The standard InChI is InChI=1S/C17H18F3N3O2S2/c1-9(11-4-3-5-12(6-11)17(18,19)20)22-14(24)7-13-8-26-16(23-13)27-10(2)15(21)25/h3-6,8-10H,7H2,1-2H3,(H2,21,25)(H,22,24). The van der Waals surface area contributed by atoms with Gasteiger partial charge in [-0.15, -0.1) is 11.3 Å². The molecule has 2 amide bonds. The molecule has 2 aromatic rings. The van der Waals surface area contributed by atoms with Gasteiger partial charge in [-0.1, -0.05) is 23.9 Å². The predicted molar refractivity (Wildman–Crippen MR) is 98.3 cm³/mol. The van der Waals surface area contributed by atoms with Gasteiger partial charge in [0, 0.05) is 5.38 Å². The number of halogens is 3. The number of alkyl halides is 3. The molecule has 1 aromatic heterocycles. The zero-order chi connectivity index (χ0) is 20.2. The number of rotatable bonds is 7. The SMILES string of the molecule is CC(Sc1nc(CC(=O)NC(C)c2cccc(C(F)(F)F)c2)cs1)C(N)=O. The van der Waals surface area contributed by atoms with Crippen LogP contribution in [0.15, 0.2) is 34.0 Å². The first-order valence-corrected chi connectivity index (χ1v) is 9.69. The number of thiazole rings is 1. The Hall–Kier alpha value is -2.07. The van der Waals surface area contributed by atoms with E-state index in [0.29, 0.717) is 15.6 Å². The van der Waals surface area contributed by atoms with E-state index in [0.717, 1.165) is 12.1 Å². The van der Waals surface area contributed by atoms with Gasteiger partial charge >= 0.3 is 6.18 Å². The highest BCUT2D eigenvalue weighted by atomic mass is 32.2. The largest absolute Gasteiger partial charge is 0.416 e. The summed E-state index contributed by atoms with van der Waals surface area (Å²) in [5, 5.41) is 3.94. The van der Waals surface area contributed by atoms with Gasteiger partial charge in [0.25, 0.3) is 0 Å². The molecule has 1 aromatic carbocycles. The van der Waals surface area contributed by atoms with E-state index in [2.05, 4.69) is 10.3 Å². The van der Waals surface area contributed by atoms with Gasteiger partial charge in [-0.3, -0.25) is 9.59 Å². The molecule has 0 saturated carbocycles. The number of nitrogens with zero attached hydrogens (tertiary/aromatic N) is 1. The number of thioether (sulfide) groups is 1. The molecule has 10 heteroatoms. The third-order valence-corrected chi connectivity index (χ3v) is 5.78. The molecule has 27 heavy (non-hydrogen) atoms. The number of carbonyl (C=O) groups excluding carboxylic acids is 2. The van der Waals surface area contributed by atoms with Crippen LogP contribution in [0, 0.1) is 0 Å². The third-order valence-electron chi connectivity index (χ3n) is 3.64. The maximum atomic E-state index is 12.8. The van der Waals surface area contributed by atoms with Gasteiger partial charge in [-0.25, -0.2) is 4.98 Å². The number of benzene rings is 1. The molecule has 0 aliphatic carbocycles. The number of nitrogens with two attached hydrogens (primary N) is 1. The van der Waals surface area contributed by atoms with Crippen molar-refractivity contribution < 1.29 is 22.8 Å². The highest BCUT2D eigenvalue weighted by Crippen LogP contribution is 2.31. The van der Waals surface area contributed by atoms with Crippen LogP contribution in [-0.2, 0) is 22.2 Å². The predicted octanol–water partition coefficient (Wildman–Crippen LogP) is 3.55. The Morgan fingerprint density at radius 2 is 2.04 bits per heavy atom. The van der Waals surface area contributed by atoms with E-state index in [1.165, 1.54) is 35.2 Å². The van der Waals surface area contributed by atoms with Crippen LogP contribution in [-0.4, -0.2) is 22.0 Å². The summed E-state index contributed by atoms with van der Waals surface area (Å²) in [5.74, 6) is -0.811. The number of nitrogens with one attached hydrogen (secondary N) is 1. The van der Waals surface area contributed by atoms with Crippen molar-refractivity contribution in [1.29, 1.82) is 0 Å². The van der Waals surface area contributed by atoms with Crippen LogP contribution in [0.3, 0.4) is 0 Å². The number of hydrogen-bond donors (Lipinski definition) is 2. The summed E-state index contributed by atoms with van der Waals surface area (Å²) in [6, 6.07) is 4.27. The van der Waals surface area contributed by atoms with Crippen molar-refractivity contribution in [2.45, 2.75) is 42.1 Å². The van der Waals surface area contributed by atoms with Crippen molar-refractivity contribution >= 4 is 34.9 Å². The molecular formula is C17H18F3N3O2S2. The monoisotopic (exact) mass is 417 g/mol. The first kappa shape index (κ1) is 21.2. The van der Waals surface area contributed by atoms with Gasteiger partial charge in [-0.05, 0) is 31.5 Å². The molecule has 0 aliphatic rings. The van der Waals surface area contributed by atoms with Gasteiger partial charge in [-0.2, -0.15) is 13.2 Å². The fraction of sp³-hybridized carbons (Fsp3) is 0.353. The molecule has 0 aliphatic heterocycles. The zero-order valence-corrected chi connectivity index (χ0v) is 16.2. The molecule has 0 saturated heterocycles. The van der Waals surface area contributed by atoms with E-state index in [-0.39, 0.29) is 12.3 Å². The van der Waals surface area contributed by atoms with Crippen LogP contribution in [0.5, 0.6) is 0 Å². The van der Waals surface area contributed by atoms with E-state index in [4.69, 9.17) is 5.73 Å². The first-order chi connectivity index (χ1) is 12.6. The normalized spacial score (nSPS) is 13.8. The van der Waals surface area contributed by atoms with E-state index in [1.807, 2.05) is 0 Å². The molecule has 1 heterocycles. The van der Waals surface area contributed by atoms with Crippen LogP contribution in [0.1, 0.15) is 36.7 Å². The van der Waals surface area contributed by atoms with Crippen LogP contribution in [0.25, 0.3) is 0 Å². The van der Waals surface area contributed by atoms with E-state index < -0.39 is 28.9 Å². The molecule has 2 unspecified atom stereocenters. The number of aromatic nitrogens is 1. The minimum atomic E-state index is -4.43. The third kappa shape index (κ3) is 6.24. The maximum Gasteiger partial charge on any atom is 0.416 e. The molecule has 0 fully saturated rings. The Morgan fingerprint density at radius 1 is 1.33 bits per heavy atom. The molecule has 146 valence electrons. The van der Waals surface area contributed by atoms with Crippen molar-refractivity contribution in [2.24, 2.45) is 5.73 Å². The summed E-state index contributed by atoms with van der Waals surface area (Å²) in [7, 11) is 0. The van der Waals surface area contributed by atoms with Crippen LogP contribution in [0.4, 0.5) is 13.2 Å². The Balaban J connectivity index is 1.96. The van der Waals surface area contributed by atoms with Gasteiger partial charge in [0.15, 0.2) is 4.34 Å². The average molecular weight is 417 g/mol. The van der Waals surface area contributed by atoms with Crippen LogP contribution >= 0.6 is 23.1 Å². The van der Waals surface area contributed by atoms with Crippen LogP contribution in [0.2, 0.25) is 0 Å². The smallest absolute Gasteiger partial charge is 0.369 e. The lowest BCUT2D eigenvalue weighted by atomic mass is 10.0. The summed E-state index contributed by atoms with van der Waals surface area (Å²) < 4.78 is 39.0.